The normalized spacial score (nSPS) is 22.1. The number of imidazole rings is 1. The van der Waals surface area contributed by atoms with Crippen molar-refractivity contribution < 1.29 is 22.8 Å². The van der Waals surface area contributed by atoms with Crippen molar-refractivity contribution in [3.8, 4) is 17.2 Å². The van der Waals surface area contributed by atoms with Gasteiger partial charge in [0.2, 0.25) is 0 Å². The third-order valence-corrected chi connectivity index (χ3v) is 14.7. The van der Waals surface area contributed by atoms with Crippen molar-refractivity contribution in [1.29, 1.82) is 0 Å². The van der Waals surface area contributed by atoms with Crippen molar-refractivity contribution in [3.05, 3.63) is 133 Å². The molecule has 0 radical (unpaired) electrons. The van der Waals surface area contributed by atoms with Crippen LogP contribution >= 0.6 is 0 Å². The molecular weight excluding hydrogens is 835 g/mol. The van der Waals surface area contributed by atoms with Gasteiger partial charge in [-0.3, -0.25) is 28.1 Å². The molecule has 1 saturated carbocycles. The number of rotatable bonds is 7. The minimum absolute atomic E-state index is 0.0471. The van der Waals surface area contributed by atoms with Crippen molar-refractivity contribution in [1.82, 2.24) is 48.3 Å². The van der Waals surface area contributed by atoms with Gasteiger partial charge in [0.05, 0.1) is 56.8 Å². The highest BCUT2D eigenvalue weighted by molar-refractivity contribution is 5.98. The molecule has 2 fully saturated rings. The summed E-state index contributed by atoms with van der Waals surface area (Å²) in [7, 11) is 1.72. The Morgan fingerprint density at radius 1 is 1.02 bits per heavy atom. The van der Waals surface area contributed by atoms with Crippen LogP contribution < -0.4 is 11.4 Å². The van der Waals surface area contributed by atoms with Crippen molar-refractivity contribution in [3.63, 3.8) is 0 Å². The number of halogens is 2. The van der Waals surface area contributed by atoms with Gasteiger partial charge in [0.15, 0.2) is 11.6 Å². The number of carbonyl (C=O) groups is 1. The molecule has 7 aromatic rings. The number of allylic oxidation sites excluding steroid dienone is 1. The third kappa shape index (κ3) is 6.21. The van der Waals surface area contributed by atoms with Crippen LogP contribution in [0.2, 0.25) is 0 Å². The van der Waals surface area contributed by atoms with Gasteiger partial charge in [-0.05, 0) is 108 Å². The number of ether oxygens (including phenoxy) is 1. The van der Waals surface area contributed by atoms with Crippen LogP contribution in [0.25, 0.3) is 34.2 Å². The number of aryl methyl sites for hydroxylation is 3. The van der Waals surface area contributed by atoms with E-state index in [9.17, 15) is 9.59 Å². The highest BCUT2D eigenvalue weighted by atomic mass is 19.1. The maximum absolute atomic E-state index is 16.1. The Labute approximate surface area is 371 Å². The van der Waals surface area contributed by atoms with E-state index in [1.165, 1.54) is 21.5 Å². The number of aromatic amines is 1. The number of H-pyrrole nitrogens is 1. The van der Waals surface area contributed by atoms with Crippen molar-refractivity contribution in [2.45, 2.75) is 97.2 Å². The zero-order chi connectivity index (χ0) is 45.5. The molecule has 1 saturated heterocycles. The first-order valence-corrected chi connectivity index (χ1v) is 22.2. The average Bonchev–Trinajstić information content (AvgIpc) is 3.72. The molecule has 0 spiro atoms. The fraction of sp³-hybridized carbons (Fsp3) is 0.417. The van der Waals surface area contributed by atoms with Crippen LogP contribution in [-0.2, 0) is 30.2 Å². The van der Waals surface area contributed by atoms with Crippen LogP contribution in [0.15, 0.2) is 69.2 Å². The number of aromatic nitrogens is 9. The van der Waals surface area contributed by atoms with Crippen molar-refractivity contribution >= 4 is 22.9 Å². The Morgan fingerprint density at radius 2 is 1.77 bits per heavy atom. The molecule has 8 heterocycles. The van der Waals surface area contributed by atoms with Gasteiger partial charge in [0, 0.05) is 74.0 Å². The molecule has 1 N–H and O–H groups in total. The largest absolute Gasteiger partial charge is 0.438 e. The molecule has 1 amide bonds. The van der Waals surface area contributed by atoms with E-state index in [4.69, 9.17) is 14.4 Å². The van der Waals surface area contributed by atoms with Crippen LogP contribution in [-0.4, -0.2) is 73.0 Å². The lowest BCUT2D eigenvalue weighted by molar-refractivity contribution is -0.0917. The standard InChI is InChI=1S/C48H50F2N10O5/c1-26-20-30(21-27(2)39(26)49)60-41(59-18-17-58(45(59)63)36-9-8-34-31(40(36)50)23-51-55(34)7)37-28(3)57(16-11-33(37)53-60)42(61)32-24-56-25-47(6,29-12-19-64-46(4,5)22-29)13-10-35(56)38(32)48(14-15-48)43-52-44(62)65-54-43/h8-10,13,17-18,20-21,23-24,28-29H,11-12,14-16,19,22,25H2,1-7H3,(H,52,54,62)/t28-,29+,47?/m0/s1. The van der Waals surface area contributed by atoms with E-state index in [2.05, 4.69) is 52.7 Å². The van der Waals surface area contributed by atoms with Crippen LogP contribution in [0.1, 0.15) is 109 Å². The summed E-state index contributed by atoms with van der Waals surface area (Å²) in [6.07, 6.45) is 14.4. The highest BCUT2D eigenvalue weighted by Gasteiger charge is 2.55. The van der Waals surface area contributed by atoms with Gasteiger partial charge in [-0.1, -0.05) is 18.2 Å². The summed E-state index contributed by atoms with van der Waals surface area (Å²) in [6.45, 7) is 13.5. The summed E-state index contributed by atoms with van der Waals surface area (Å²) in [6, 6.07) is 6.01. The van der Waals surface area contributed by atoms with Crippen LogP contribution in [0, 0.1) is 36.8 Å². The predicted molar refractivity (Wildman–Crippen MR) is 237 cm³/mol. The van der Waals surface area contributed by atoms with Gasteiger partial charge in [-0.15, -0.1) is 0 Å². The topological polar surface area (TPSA) is 156 Å². The molecule has 5 aromatic heterocycles. The summed E-state index contributed by atoms with van der Waals surface area (Å²) >= 11 is 0. The number of hydrogen-bond acceptors (Lipinski definition) is 8. The minimum atomic E-state index is -0.737. The molecule has 4 aliphatic rings. The van der Waals surface area contributed by atoms with Crippen LogP contribution in [0.5, 0.6) is 0 Å². The summed E-state index contributed by atoms with van der Waals surface area (Å²) in [4.78, 5) is 47.2. The third-order valence-electron chi connectivity index (χ3n) is 14.7. The van der Waals surface area contributed by atoms with Crippen LogP contribution in [0.3, 0.4) is 0 Å². The van der Waals surface area contributed by atoms with E-state index in [1.807, 2.05) is 18.0 Å². The zero-order valence-electron chi connectivity index (χ0n) is 37.4. The molecule has 336 valence electrons. The van der Waals surface area contributed by atoms with Gasteiger partial charge in [-0.2, -0.15) is 10.2 Å². The lowest BCUT2D eigenvalue weighted by Gasteiger charge is -2.45. The Balaban J connectivity index is 1.04. The zero-order valence-corrected chi connectivity index (χ0v) is 37.4. The highest BCUT2D eigenvalue weighted by Crippen LogP contribution is 2.56. The lowest BCUT2D eigenvalue weighted by atomic mass is 9.68. The second-order valence-corrected chi connectivity index (χ2v) is 19.4. The van der Waals surface area contributed by atoms with E-state index in [0.29, 0.717) is 95.7 Å². The van der Waals surface area contributed by atoms with Gasteiger partial charge in [-0.25, -0.2) is 23.1 Å². The molecule has 15 nitrogen and oxygen atoms in total. The predicted octanol–water partition coefficient (Wildman–Crippen LogP) is 7.15. The summed E-state index contributed by atoms with van der Waals surface area (Å²) in [5.41, 5.74) is 3.69. The van der Waals surface area contributed by atoms with E-state index in [0.717, 1.165) is 24.1 Å². The molecule has 1 aliphatic carbocycles. The van der Waals surface area contributed by atoms with Crippen molar-refractivity contribution in [2.24, 2.45) is 18.4 Å². The minimum Gasteiger partial charge on any atom is -0.376 e. The number of nitrogens with zero attached hydrogens (tertiary/aromatic N) is 9. The van der Waals surface area contributed by atoms with Crippen molar-refractivity contribution in [2.75, 3.05) is 13.2 Å². The second kappa shape index (κ2) is 14.2. The summed E-state index contributed by atoms with van der Waals surface area (Å²) in [5, 5.41) is 13.7. The van der Waals surface area contributed by atoms with E-state index in [-0.39, 0.29) is 33.8 Å². The Bertz CT molecular complexity index is 3260. The first-order chi connectivity index (χ1) is 31.0. The monoisotopic (exact) mass is 884 g/mol. The number of amides is 1. The van der Waals surface area contributed by atoms with Gasteiger partial charge in [0.25, 0.3) is 5.91 Å². The number of carbonyl (C=O) groups excluding carboxylic acids is 1. The van der Waals surface area contributed by atoms with Crippen LogP contribution in [0.4, 0.5) is 8.78 Å². The fourth-order valence-corrected chi connectivity index (χ4v) is 11.1. The first-order valence-electron chi connectivity index (χ1n) is 22.2. The molecule has 1 unspecified atom stereocenters. The van der Waals surface area contributed by atoms with Gasteiger partial charge >= 0.3 is 11.4 Å². The average molecular weight is 885 g/mol. The molecule has 3 aliphatic heterocycles. The number of benzene rings is 2. The Morgan fingerprint density at radius 3 is 2.48 bits per heavy atom. The maximum atomic E-state index is 16.1. The Kier molecular flexibility index (Phi) is 8.97. The summed E-state index contributed by atoms with van der Waals surface area (Å²) in [5.74, 6) is -0.720. The molecule has 2 aromatic carbocycles. The fourth-order valence-electron chi connectivity index (χ4n) is 11.1. The molecule has 0 bridgehead atoms. The maximum Gasteiger partial charge on any atom is 0.438 e. The number of fused-ring (bicyclic) bond motifs is 3. The van der Waals surface area contributed by atoms with Gasteiger partial charge < -0.3 is 14.2 Å². The molecular formula is C48H50F2N10O5. The number of hydrogen-bond donors (Lipinski definition) is 1. The molecule has 3 atom stereocenters. The quantitative estimate of drug-likeness (QED) is 0.177. The lowest BCUT2D eigenvalue weighted by Crippen LogP contribution is -2.42. The Hall–Kier alpha value is -6.62. The SMILES string of the molecule is Cc1cc(-n2nc3c(c2-n2ccn(-c4ccc5c(cnn5C)c4F)c2=O)[C@H](C)N(C(=O)c2cn4c(c2C2(c5noc(=O)[nH]5)CC2)C=CC(C)([C@@H]2CCOC(C)(C)C2)C4)CC3)cc(C)c1F. The molecule has 11 rings (SSSR count). The molecule has 17 heteroatoms. The first kappa shape index (κ1) is 41.1. The van der Waals surface area contributed by atoms with E-state index < -0.39 is 28.7 Å². The number of nitrogens with one attached hydrogen (secondary N) is 1. The summed E-state index contributed by atoms with van der Waals surface area (Å²) < 4.78 is 50.4. The van der Waals surface area contributed by atoms with E-state index in [1.54, 1.807) is 60.7 Å². The smallest absolute Gasteiger partial charge is 0.376 e. The molecule has 65 heavy (non-hydrogen) atoms. The van der Waals surface area contributed by atoms with Gasteiger partial charge in [0.1, 0.15) is 11.6 Å². The second-order valence-electron chi connectivity index (χ2n) is 19.4. The van der Waals surface area contributed by atoms with E-state index >= 15 is 13.6 Å².